The Labute approximate surface area is 257 Å². The van der Waals surface area contributed by atoms with Crippen LogP contribution in [0.1, 0.15) is 118 Å². The van der Waals surface area contributed by atoms with Gasteiger partial charge in [-0.2, -0.15) is 8.42 Å². The van der Waals surface area contributed by atoms with E-state index in [2.05, 4.69) is 11.1 Å². The van der Waals surface area contributed by atoms with Crippen molar-refractivity contribution in [2.24, 2.45) is 0 Å². The van der Waals surface area contributed by atoms with Crippen LogP contribution in [0.5, 0.6) is 0 Å². The van der Waals surface area contributed by atoms with Gasteiger partial charge in [0.25, 0.3) is 0 Å². The first-order valence-corrected chi connectivity index (χ1v) is 17.7. The summed E-state index contributed by atoms with van der Waals surface area (Å²) in [7, 11) is -4.43. The van der Waals surface area contributed by atoms with E-state index in [1.807, 2.05) is 27.7 Å². The maximum Gasteiger partial charge on any atom is 0.397 e. The highest BCUT2D eigenvalue weighted by molar-refractivity contribution is 7.80. The summed E-state index contributed by atoms with van der Waals surface area (Å²) in [4.78, 5) is 0. The molecule has 10 nitrogen and oxygen atoms in total. The van der Waals surface area contributed by atoms with Gasteiger partial charge < -0.3 is 28.4 Å². The molecular weight excluding hydrogens is 564 g/mol. The Kier molecular flexibility index (Phi) is 29.1. The summed E-state index contributed by atoms with van der Waals surface area (Å²) >= 11 is 0. The van der Waals surface area contributed by atoms with Crippen molar-refractivity contribution < 1.29 is 45.6 Å². The van der Waals surface area contributed by atoms with Gasteiger partial charge in [0.05, 0.1) is 77.3 Å². The van der Waals surface area contributed by atoms with Crippen molar-refractivity contribution in [3.63, 3.8) is 0 Å². The summed E-state index contributed by atoms with van der Waals surface area (Å²) in [5.74, 6) is 0. The van der Waals surface area contributed by atoms with Crippen LogP contribution in [0.15, 0.2) is 0 Å². The van der Waals surface area contributed by atoms with Crippen LogP contribution in [0, 0.1) is 0 Å². The molecule has 0 bridgehead atoms. The fourth-order valence-electron chi connectivity index (χ4n) is 4.17. The number of rotatable bonds is 33. The molecular formula is C31H64O10S. The summed E-state index contributed by atoms with van der Waals surface area (Å²) < 4.78 is 67.5. The molecule has 0 spiro atoms. The van der Waals surface area contributed by atoms with Crippen LogP contribution in [0.25, 0.3) is 0 Å². The zero-order valence-corrected chi connectivity index (χ0v) is 28.2. The molecule has 0 rings (SSSR count). The lowest BCUT2D eigenvalue weighted by Gasteiger charge is -2.21. The molecule has 11 heteroatoms. The fraction of sp³-hybridized carbons (Fsp3) is 1.00. The minimum atomic E-state index is -4.43. The minimum Gasteiger partial charge on any atom is -0.379 e. The third-order valence-electron chi connectivity index (χ3n) is 6.68. The highest BCUT2D eigenvalue weighted by Crippen LogP contribution is 2.12. The molecule has 0 aromatic heterocycles. The predicted molar refractivity (Wildman–Crippen MR) is 166 cm³/mol. The van der Waals surface area contributed by atoms with Gasteiger partial charge in [0, 0.05) is 6.61 Å². The van der Waals surface area contributed by atoms with E-state index >= 15 is 0 Å². The van der Waals surface area contributed by atoms with Crippen molar-refractivity contribution >= 4 is 10.4 Å². The molecule has 0 fully saturated rings. The molecule has 4 atom stereocenters. The van der Waals surface area contributed by atoms with Gasteiger partial charge in [-0.3, -0.25) is 4.55 Å². The molecule has 4 unspecified atom stereocenters. The van der Waals surface area contributed by atoms with Gasteiger partial charge in [-0.05, 0) is 34.1 Å². The van der Waals surface area contributed by atoms with Crippen molar-refractivity contribution in [2.75, 3.05) is 59.5 Å². The van der Waals surface area contributed by atoms with Gasteiger partial charge in [-0.15, -0.1) is 0 Å². The smallest absolute Gasteiger partial charge is 0.379 e. The molecule has 0 saturated heterocycles. The van der Waals surface area contributed by atoms with E-state index in [0.717, 1.165) is 13.0 Å². The number of ether oxygens (including phenoxy) is 6. The van der Waals surface area contributed by atoms with Gasteiger partial charge in [0.1, 0.15) is 0 Å². The second-order valence-corrected chi connectivity index (χ2v) is 12.4. The van der Waals surface area contributed by atoms with Gasteiger partial charge >= 0.3 is 10.4 Å². The zero-order chi connectivity index (χ0) is 31.3. The van der Waals surface area contributed by atoms with Gasteiger partial charge in [-0.1, -0.05) is 84.0 Å². The van der Waals surface area contributed by atoms with Gasteiger partial charge in [0.2, 0.25) is 0 Å². The van der Waals surface area contributed by atoms with E-state index in [-0.39, 0.29) is 44.2 Å². The molecule has 1 N–H and O–H groups in total. The summed E-state index contributed by atoms with van der Waals surface area (Å²) in [6, 6.07) is 0. The molecule has 254 valence electrons. The number of unbranched alkanes of at least 4 members (excludes halogenated alkanes) is 12. The lowest BCUT2D eigenvalue weighted by atomic mass is 10.0. The quantitative estimate of drug-likeness (QED) is 0.0633. The number of hydrogen-bond acceptors (Lipinski definition) is 9. The highest BCUT2D eigenvalue weighted by Gasteiger charge is 2.12. The second-order valence-electron chi connectivity index (χ2n) is 11.3. The molecule has 0 aliphatic rings. The van der Waals surface area contributed by atoms with Gasteiger partial charge in [-0.25, -0.2) is 4.18 Å². The van der Waals surface area contributed by atoms with Crippen LogP contribution in [0.2, 0.25) is 0 Å². The Morgan fingerprint density at radius 1 is 0.476 bits per heavy atom. The Hall–Kier alpha value is -0.370. The minimum absolute atomic E-state index is 0.0314. The number of hydrogen-bond donors (Lipinski definition) is 1. The van der Waals surface area contributed by atoms with E-state index in [0.29, 0.717) is 33.0 Å². The van der Waals surface area contributed by atoms with E-state index in [1.54, 1.807) is 0 Å². The largest absolute Gasteiger partial charge is 0.397 e. The lowest BCUT2D eigenvalue weighted by Crippen LogP contribution is -2.28. The van der Waals surface area contributed by atoms with Crippen molar-refractivity contribution in [3.05, 3.63) is 0 Å². The van der Waals surface area contributed by atoms with Crippen molar-refractivity contribution in [3.8, 4) is 0 Å². The van der Waals surface area contributed by atoms with Crippen LogP contribution in [0.3, 0.4) is 0 Å². The van der Waals surface area contributed by atoms with E-state index in [9.17, 15) is 8.42 Å². The van der Waals surface area contributed by atoms with Crippen molar-refractivity contribution in [2.45, 2.75) is 143 Å². The van der Waals surface area contributed by atoms with E-state index < -0.39 is 10.4 Å². The lowest BCUT2D eigenvalue weighted by molar-refractivity contribution is -0.0947. The first kappa shape index (κ1) is 41.6. The van der Waals surface area contributed by atoms with E-state index in [4.69, 9.17) is 33.0 Å². The van der Waals surface area contributed by atoms with Crippen LogP contribution in [-0.2, 0) is 43.0 Å². The monoisotopic (exact) mass is 628 g/mol. The first-order chi connectivity index (χ1) is 20.1. The zero-order valence-electron chi connectivity index (χ0n) is 27.4. The van der Waals surface area contributed by atoms with Crippen LogP contribution >= 0.6 is 0 Å². The Morgan fingerprint density at radius 2 is 0.881 bits per heavy atom. The summed E-state index contributed by atoms with van der Waals surface area (Å²) in [6.07, 6.45) is 17.3. The van der Waals surface area contributed by atoms with Crippen LogP contribution < -0.4 is 0 Å². The maximum atomic E-state index is 10.4. The molecule has 0 radical (unpaired) electrons. The molecule has 0 aliphatic heterocycles. The molecule has 0 heterocycles. The SMILES string of the molecule is CCCCCCCCCCCCCCCOCC(C)OCC(C)OCC(C)OCC(C)OCCOCCOS(=O)(=O)O. The summed E-state index contributed by atoms with van der Waals surface area (Å²) in [5.41, 5.74) is 0. The Morgan fingerprint density at radius 3 is 1.36 bits per heavy atom. The fourth-order valence-corrected chi connectivity index (χ4v) is 4.45. The Bertz CT molecular complexity index is 664. The normalized spacial score (nSPS) is 15.1. The highest BCUT2D eigenvalue weighted by atomic mass is 32.3. The predicted octanol–water partition coefficient (Wildman–Crippen LogP) is 6.55. The van der Waals surface area contributed by atoms with E-state index in [1.165, 1.54) is 77.0 Å². The second kappa shape index (κ2) is 29.3. The van der Waals surface area contributed by atoms with Crippen molar-refractivity contribution in [1.82, 2.24) is 0 Å². The van der Waals surface area contributed by atoms with Crippen LogP contribution in [-0.4, -0.2) is 96.8 Å². The van der Waals surface area contributed by atoms with Crippen LogP contribution in [0.4, 0.5) is 0 Å². The van der Waals surface area contributed by atoms with Crippen molar-refractivity contribution in [1.29, 1.82) is 0 Å². The molecule has 0 amide bonds. The summed E-state index contributed by atoms with van der Waals surface area (Å²) in [6.45, 7) is 13.3. The molecule has 0 aromatic rings. The average Bonchev–Trinajstić information content (AvgIpc) is 2.94. The van der Waals surface area contributed by atoms with Gasteiger partial charge in [0.15, 0.2) is 0 Å². The third kappa shape index (κ3) is 32.5. The standard InChI is InChI=1S/C31H64O10S/c1-6-7-8-9-10-11-12-13-14-15-16-17-18-19-36-24-28(2)38-26-30(4)40-27-31(5)39-25-29(3)37-22-20-35-21-23-41-42(32,33)34/h28-31H,6-27H2,1-5H3,(H,32,33,34). The average molecular weight is 629 g/mol. The first-order valence-electron chi connectivity index (χ1n) is 16.4. The molecule has 0 aromatic carbocycles. The Balaban J connectivity index is 3.51. The molecule has 0 aliphatic carbocycles. The summed E-state index contributed by atoms with van der Waals surface area (Å²) in [5, 5.41) is 0. The topological polar surface area (TPSA) is 119 Å². The maximum absolute atomic E-state index is 10.4. The molecule has 42 heavy (non-hydrogen) atoms. The third-order valence-corrected chi connectivity index (χ3v) is 7.15. The molecule has 0 saturated carbocycles.